The maximum absolute atomic E-state index is 12.1. The molecule has 0 aliphatic heterocycles. The average Bonchev–Trinajstić information content (AvgIpc) is 2.84. The van der Waals surface area contributed by atoms with Crippen molar-refractivity contribution in [3.63, 3.8) is 0 Å². The molecule has 0 bridgehead atoms. The molecule has 0 saturated heterocycles. The Morgan fingerprint density at radius 1 is 1.30 bits per heavy atom. The molecule has 0 radical (unpaired) electrons. The summed E-state index contributed by atoms with van der Waals surface area (Å²) in [6, 6.07) is 0.311. The van der Waals surface area contributed by atoms with E-state index in [0.717, 1.165) is 12.8 Å². The fourth-order valence-electron chi connectivity index (χ4n) is 2.69. The zero-order chi connectivity index (χ0) is 13.9. The Morgan fingerprint density at radius 3 is 2.90 bits per heavy atom. The summed E-state index contributed by atoms with van der Waals surface area (Å²) in [7, 11) is 0. The van der Waals surface area contributed by atoms with Crippen molar-refractivity contribution < 1.29 is 4.79 Å². The van der Waals surface area contributed by atoms with Crippen molar-refractivity contribution in [1.82, 2.24) is 24.8 Å². The fraction of sp³-hybridized carbons (Fsp3) is 0.538. The average molecular weight is 274 g/mol. The summed E-state index contributed by atoms with van der Waals surface area (Å²) < 4.78 is 1.70. The molecule has 0 spiro atoms. The van der Waals surface area contributed by atoms with Crippen LogP contribution < -0.4 is 11.1 Å². The number of imidazole rings is 1. The minimum Gasteiger partial charge on any atom is -0.382 e. The number of fused-ring (bicyclic) bond motifs is 1. The summed E-state index contributed by atoms with van der Waals surface area (Å²) >= 11 is 0. The summed E-state index contributed by atoms with van der Waals surface area (Å²) in [5, 5.41) is 3.07. The largest absolute Gasteiger partial charge is 0.382 e. The Balaban J connectivity index is 1.69. The molecule has 1 aliphatic carbocycles. The number of hydrogen-bond acceptors (Lipinski definition) is 5. The van der Waals surface area contributed by atoms with Crippen LogP contribution in [-0.2, 0) is 11.3 Å². The first kappa shape index (κ1) is 12.8. The number of hydrogen-bond donors (Lipinski definition) is 2. The van der Waals surface area contributed by atoms with Gasteiger partial charge in [-0.1, -0.05) is 19.3 Å². The third kappa shape index (κ3) is 2.56. The van der Waals surface area contributed by atoms with Gasteiger partial charge in [-0.05, 0) is 12.8 Å². The molecule has 2 aromatic rings. The van der Waals surface area contributed by atoms with E-state index in [1.807, 2.05) is 0 Å². The van der Waals surface area contributed by atoms with E-state index >= 15 is 0 Å². The van der Waals surface area contributed by atoms with Crippen molar-refractivity contribution in [2.24, 2.45) is 0 Å². The summed E-state index contributed by atoms with van der Waals surface area (Å²) in [5.74, 6) is 0.329. The van der Waals surface area contributed by atoms with E-state index in [1.54, 1.807) is 10.9 Å². The van der Waals surface area contributed by atoms with Crippen LogP contribution in [0.1, 0.15) is 32.1 Å². The normalized spacial score (nSPS) is 16.4. The molecule has 0 atom stereocenters. The van der Waals surface area contributed by atoms with Crippen LogP contribution >= 0.6 is 0 Å². The molecule has 20 heavy (non-hydrogen) atoms. The predicted molar refractivity (Wildman–Crippen MR) is 74.8 cm³/mol. The molecule has 1 aliphatic rings. The first-order valence-corrected chi connectivity index (χ1v) is 6.94. The van der Waals surface area contributed by atoms with Gasteiger partial charge >= 0.3 is 0 Å². The molecule has 106 valence electrons. The molecule has 2 aromatic heterocycles. The first-order valence-electron chi connectivity index (χ1n) is 6.94. The highest BCUT2D eigenvalue weighted by Gasteiger charge is 2.17. The second-order valence-corrected chi connectivity index (χ2v) is 5.21. The second kappa shape index (κ2) is 5.44. The number of nitrogens with zero attached hydrogens (tertiary/aromatic N) is 4. The van der Waals surface area contributed by atoms with Gasteiger partial charge in [0.1, 0.15) is 18.4 Å². The van der Waals surface area contributed by atoms with Crippen molar-refractivity contribution >= 4 is 22.9 Å². The van der Waals surface area contributed by atoms with E-state index in [1.165, 1.54) is 25.6 Å². The lowest BCUT2D eigenvalue weighted by atomic mass is 9.95. The van der Waals surface area contributed by atoms with Crippen molar-refractivity contribution in [1.29, 1.82) is 0 Å². The second-order valence-electron chi connectivity index (χ2n) is 5.21. The summed E-state index contributed by atoms with van der Waals surface area (Å²) in [6.45, 7) is 0.212. The van der Waals surface area contributed by atoms with Gasteiger partial charge in [0.15, 0.2) is 11.5 Å². The number of anilines is 1. The fourth-order valence-corrected chi connectivity index (χ4v) is 2.69. The van der Waals surface area contributed by atoms with Gasteiger partial charge in [-0.2, -0.15) is 0 Å². The van der Waals surface area contributed by atoms with E-state index in [-0.39, 0.29) is 12.5 Å². The zero-order valence-electron chi connectivity index (χ0n) is 11.2. The molecule has 7 nitrogen and oxygen atoms in total. The smallest absolute Gasteiger partial charge is 0.240 e. The maximum Gasteiger partial charge on any atom is 0.240 e. The molecule has 7 heteroatoms. The zero-order valence-corrected chi connectivity index (χ0v) is 11.2. The molecule has 2 heterocycles. The molecule has 1 fully saturated rings. The number of rotatable bonds is 3. The van der Waals surface area contributed by atoms with E-state index in [9.17, 15) is 4.79 Å². The van der Waals surface area contributed by atoms with Crippen LogP contribution in [0.4, 0.5) is 5.82 Å². The SMILES string of the molecule is Nc1ncnc2c1ncn2CC(=O)NC1CCCCC1. The van der Waals surface area contributed by atoms with Crippen LogP contribution in [0.2, 0.25) is 0 Å². The lowest BCUT2D eigenvalue weighted by Gasteiger charge is -2.22. The third-order valence-electron chi connectivity index (χ3n) is 3.71. The highest BCUT2D eigenvalue weighted by atomic mass is 16.2. The van der Waals surface area contributed by atoms with Crippen LogP contribution in [-0.4, -0.2) is 31.5 Å². The number of amides is 1. The maximum atomic E-state index is 12.1. The van der Waals surface area contributed by atoms with Gasteiger partial charge in [0.2, 0.25) is 5.91 Å². The minimum atomic E-state index is -0.00613. The van der Waals surface area contributed by atoms with Gasteiger partial charge in [0.05, 0.1) is 6.33 Å². The molecule has 3 rings (SSSR count). The van der Waals surface area contributed by atoms with E-state index in [0.29, 0.717) is 23.0 Å². The molecule has 0 unspecified atom stereocenters. The number of aromatic nitrogens is 4. The lowest BCUT2D eigenvalue weighted by molar-refractivity contribution is -0.122. The van der Waals surface area contributed by atoms with Gasteiger partial charge in [0.25, 0.3) is 0 Å². The number of carbonyl (C=O) groups excluding carboxylic acids is 1. The van der Waals surface area contributed by atoms with Gasteiger partial charge in [-0.15, -0.1) is 0 Å². The van der Waals surface area contributed by atoms with Crippen molar-refractivity contribution in [3.05, 3.63) is 12.7 Å². The summed E-state index contributed by atoms with van der Waals surface area (Å²) in [6.07, 6.45) is 8.78. The summed E-state index contributed by atoms with van der Waals surface area (Å²) in [5.41, 5.74) is 6.86. The van der Waals surface area contributed by atoms with Gasteiger partial charge in [-0.25, -0.2) is 15.0 Å². The monoisotopic (exact) mass is 274 g/mol. The minimum absolute atomic E-state index is 0.00613. The van der Waals surface area contributed by atoms with Crippen LogP contribution in [0, 0.1) is 0 Å². The molecule has 3 N–H and O–H groups in total. The van der Waals surface area contributed by atoms with Gasteiger partial charge in [-0.3, -0.25) is 4.79 Å². The van der Waals surface area contributed by atoms with Crippen molar-refractivity contribution in [3.8, 4) is 0 Å². The molecule has 0 aromatic carbocycles. The highest BCUT2D eigenvalue weighted by Crippen LogP contribution is 2.18. The molecule has 1 amide bonds. The van der Waals surface area contributed by atoms with Gasteiger partial charge in [0, 0.05) is 6.04 Å². The Morgan fingerprint density at radius 2 is 2.10 bits per heavy atom. The van der Waals surface area contributed by atoms with E-state index in [4.69, 9.17) is 5.73 Å². The van der Waals surface area contributed by atoms with Crippen LogP contribution in [0.15, 0.2) is 12.7 Å². The first-order chi connectivity index (χ1) is 9.74. The van der Waals surface area contributed by atoms with Crippen LogP contribution in [0.5, 0.6) is 0 Å². The molecular weight excluding hydrogens is 256 g/mol. The van der Waals surface area contributed by atoms with E-state index < -0.39 is 0 Å². The topological polar surface area (TPSA) is 98.7 Å². The number of nitrogen functional groups attached to an aromatic ring is 1. The number of nitrogens with one attached hydrogen (secondary N) is 1. The van der Waals surface area contributed by atoms with Crippen LogP contribution in [0.25, 0.3) is 11.2 Å². The number of nitrogens with two attached hydrogens (primary N) is 1. The Bertz CT molecular complexity index is 616. The standard InChI is InChI=1S/C13H18N6O/c14-12-11-13(16-7-15-12)19(8-17-11)6-10(20)18-9-4-2-1-3-5-9/h7-9H,1-6H2,(H,18,20)(H2,14,15,16). The third-order valence-corrected chi connectivity index (χ3v) is 3.71. The van der Waals surface area contributed by atoms with E-state index in [2.05, 4.69) is 20.3 Å². The summed E-state index contributed by atoms with van der Waals surface area (Å²) in [4.78, 5) is 24.2. The predicted octanol–water partition coefficient (Wildman–Crippen LogP) is 0.857. The number of carbonyl (C=O) groups is 1. The molecule has 1 saturated carbocycles. The Labute approximate surface area is 116 Å². The Kier molecular flexibility index (Phi) is 3.49. The van der Waals surface area contributed by atoms with Crippen molar-refractivity contribution in [2.75, 3.05) is 5.73 Å². The Hall–Kier alpha value is -2.18. The van der Waals surface area contributed by atoms with Gasteiger partial charge < -0.3 is 15.6 Å². The quantitative estimate of drug-likeness (QED) is 0.864. The van der Waals surface area contributed by atoms with Crippen LogP contribution in [0.3, 0.4) is 0 Å². The highest BCUT2D eigenvalue weighted by molar-refractivity contribution is 5.83. The molecular formula is C13H18N6O. The lowest BCUT2D eigenvalue weighted by Crippen LogP contribution is -2.38. The van der Waals surface area contributed by atoms with Crippen molar-refractivity contribution in [2.45, 2.75) is 44.7 Å².